The maximum absolute atomic E-state index is 13.0. The summed E-state index contributed by atoms with van der Waals surface area (Å²) in [6.07, 6.45) is 15.4. The number of nitrogen functional groups attached to an aromatic ring is 1. The third-order valence-electron chi connectivity index (χ3n) is 7.72. The number of carboxylic acids is 1. The van der Waals surface area contributed by atoms with Crippen LogP contribution in [0.2, 0.25) is 0 Å². The van der Waals surface area contributed by atoms with E-state index < -0.39 is 37.2 Å². The van der Waals surface area contributed by atoms with E-state index in [4.69, 9.17) is 23.1 Å². The van der Waals surface area contributed by atoms with E-state index in [2.05, 4.69) is 39.6 Å². The normalized spacial score (nSPS) is 11.4. The van der Waals surface area contributed by atoms with Gasteiger partial charge in [0.1, 0.15) is 29.7 Å². The first-order valence-electron chi connectivity index (χ1n) is 16.5. The minimum absolute atomic E-state index is 0.0405. The second-order valence-electron chi connectivity index (χ2n) is 11.6. The summed E-state index contributed by atoms with van der Waals surface area (Å²) in [5.41, 5.74) is 5.57. The topological polar surface area (TPSA) is 272 Å². The van der Waals surface area contributed by atoms with Crippen LogP contribution in [0.1, 0.15) is 75.3 Å². The highest BCUT2D eigenvalue weighted by molar-refractivity contribution is 7.48. The van der Waals surface area contributed by atoms with Gasteiger partial charge in [-0.05, 0) is 49.1 Å². The number of nitrogens with one attached hydrogen (secondary N) is 3. The monoisotopic (exact) mass is 771 g/mol. The Morgan fingerprint density at radius 1 is 0.945 bits per heavy atom. The zero-order chi connectivity index (χ0) is 40.0. The highest BCUT2D eigenvalue weighted by Crippen LogP contribution is 2.48. The number of ketones is 2. The molecule has 4 rings (SSSR count). The zero-order valence-corrected chi connectivity index (χ0v) is 29.9. The maximum Gasteiger partial charge on any atom is 0.604 e. The van der Waals surface area contributed by atoms with Crippen molar-refractivity contribution < 1.29 is 47.2 Å². The van der Waals surface area contributed by atoms with E-state index in [0.717, 1.165) is 6.20 Å². The highest BCUT2D eigenvalue weighted by atomic mass is 31.2. The molecule has 2 aromatic heterocycles. The number of carboxylic acid groups (broad SMARTS) is 1. The van der Waals surface area contributed by atoms with Crippen molar-refractivity contribution in [1.82, 2.24) is 25.3 Å². The van der Waals surface area contributed by atoms with E-state index in [0.29, 0.717) is 30.4 Å². The van der Waals surface area contributed by atoms with E-state index in [1.54, 1.807) is 36.5 Å². The Bertz CT molecular complexity index is 2260. The minimum Gasteiger partial charge on any atom is -0.480 e. The number of terminal acetylenes is 2. The van der Waals surface area contributed by atoms with Crippen LogP contribution in [0.5, 0.6) is 0 Å². The number of carbonyl (C=O) groups is 5. The Hall–Kier alpha value is -6.88. The molecule has 2 aromatic carbocycles. The smallest absolute Gasteiger partial charge is 0.480 e. The molecule has 0 bridgehead atoms. The van der Waals surface area contributed by atoms with Crippen LogP contribution in [0.4, 0.5) is 11.6 Å². The number of nitrogens with zero attached hydrogens (tertiary/aromatic N) is 3. The molecule has 2 amide bonds. The first-order chi connectivity index (χ1) is 26.3. The van der Waals surface area contributed by atoms with Gasteiger partial charge in [-0.1, -0.05) is 43.5 Å². The van der Waals surface area contributed by atoms with Crippen LogP contribution in [0.15, 0.2) is 59.5 Å². The molecule has 0 aliphatic heterocycles. The SMILES string of the molecule is C#COP(=O)(OC#C)OCCCCCC(=O)c1ccccc1CC(=O)CC[C@H](NC(=O)c1ccc(NC(=O)c2cnc3nc(N)[nH]c(=O)c3n2)cc1)C(=O)O. The van der Waals surface area contributed by atoms with E-state index in [1.165, 1.54) is 24.3 Å². The standard InChI is InChI=1S/C36H34N7O11P/c1-3-52-55(51,53-4-2)54-19-9-5-6-12-29(45)26-11-8-7-10-23(26)20-25(44)17-18-27(35(49)50)41-32(46)22-13-15-24(16-14-22)39-33(47)28-21-38-31-30(40-28)34(48)43-36(37)42-31/h1-2,7-8,10-11,13-16,21,27H,5-6,9,12,17-20H2,(H,39,47)(H,41,46)(H,49,50)(H3,37,38,42,43,48)/t27-/m0/s1. The molecule has 0 aliphatic carbocycles. The Balaban J connectivity index is 1.25. The number of hydrogen-bond donors (Lipinski definition) is 5. The number of rotatable bonds is 20. The molecule has 0 spiro atoms. The summed E-state index contributed by atoms with van der Waals surface area (Å²) in [4.78, 5) is 89.6. The van der Waals surface area contributed by atoms with Gasteiger partial charge in [0, 0.05) is 36.1 Å². The van der Waals surface area contributed by atoms with E-state index >= 15 is 0 Å². The third kappa shape index (κ3) is 11.8. The maximum atomic E-state index is 13.0. The Labute approximate surface area is 313 Å². The molecular formula is C36H34N7O11P. The predicted octanol–water partition coefficient (Wildman–Crippen LogP) is 3.41. The van der Waals surface area contributed by atoms with Crippen molar-refractivity contribution >= 4 is 60.0 Å². The quantitative estimate of drug-likeness (QED) is 0.0373. The second kappa shape index (κ2) is 19.3. The molecule has 0 saturated heterocycles. The fourth-order valence-electron chi connectivity index (χ4n) is 5.07. The van der Waals surface area contributed by atoms with Crippen LogP contribution in [0.25, 0.3) is 11.2 Å². The summed E-state index contributed by atoms with van der Waals surface area (Å²) >= 11 is 0. The lowest BCUT2D eigenvalue weighted by Gasteiger charge is -2.15. The van der Waals surface area contributed by atoms with Gasteiger partial charge in [-0.2, -0.15) is 4.98 Å². The van der Waals surface area contributed by atoms with Gasteiger partial charge in [0.2, 0.25) is 5.95 Å². The van der Waals surface area contributed by atoms with Crippen LogP contribution < -0.4 is 21.9 Å². The number of nitrogens with two attached hydrogens (primary N) is 1. The number of hydrogen-bond acceptors (Lipinski definition) is 14. The van der Waals surface area contributed by atoms with Gasteiger partial charge < -0.3 is 30.5 Å². The van der Waals surface area contributed by atoms with Gasteiger partial charge in [0.15, 0.2) is 16.9 Å². The summed E-state index contributed by atoms with van der Waals surface area (Å²) < 4.78 is 26.1. The summed E-state index contributed by atoms with van der Waals surface area (Å²) in [5, 5.41) is 14.7. The van der Waals surface area contributed by atoms with E-state index in [-0.39, 0.29) is 77.9 Å². The number of anilines is 2. The molecule has 0 aliphatic rings. The number of phosphoric ester groups is 1. The lowest BCUT2D eigenvalue weighted by molar-refractivity contribution is -0.139. The first kappa shape index (κ1) is 40.9. The van der Waals surface area contributed by atoms with Gasteiger partial charge in [0.05, 0.1) is 12.8 Å². The average Bonchev–Trinajstić information content (AvgIpc) is 3.15. The van der Waals surface area contributed by atoms with Gasteiger partial charge >= 0.3 is 13.8 Å². The number of aromatic amines is 1. The summed E-state index contributed by atoms with van der Waals surface area (Å²) in [7, 11) is -4.06. The van der Waals surface area contributed by atoms with Crippen molar-refractivity contribution in [3.8, 4) is 25.1 Å². The largest absolute Gasteiger partial charge is 0.604 e. The van der Waals surface area contributed by atoms with Crippen molar-refractivity contribution in [1.29, 1.82) is 0 Å². The van der Waals surface area contributed by atoms with Gasteiger partial charge in [-0.15, -0.1) is 0 Å². The first-order valence-corrected chi connectivity index (χ1v) is 17.9. The van der Waals surface area contributed by atoms with Crippen LogP contribution in [0, 0.1) is 25.1 Å². The molecule has 55 heavy (non-hydrogen) atoms. The predicted molar refractivity (Wildman–Crippen MR) is 196 cm³/mol. The zero-order valence-electron chi connectivity index (χ0n) is 29.0. The minimum atomic E-state index is -4.06. The van der Waals surface area contributed by atoms with Crippen molar-refractivity contribution in [2.24, 2.45) is 0 Å². The van der Waals surface area contributed by atoms with Crippen LogP contribution in [0.3, 0.4) is 0 Å². The Kier molecular flexibility index (Phi) is 14.3. The number of amides is 2. The summed E-state index contributed by atoms with van der Waals surface area (Å²) in [5.74, 6) is -3.49. The molecule has 2 heterocycles. The molecule has 6 N–H and O–H groups in total. The molecule has 0 unspecified atom stereocenters. The number of phosphoric acid groups is 1. The molecule has 4 aromatic rings. The third-order valence-corrected chi connectivity index (χ3v) is 8.88. The van der Waals surface area contributed by atoms with Gasteiger partial charge in [0.25, 0.3) is 17.4 Å². The summed E-state index contributed by atoms with van der Waals surface area (Å²) in [6, 6.07) is 10.7. The number of fused-ring (bicyclic) bond motifs is 1. The van der Waals surface area contributed by atoms with E-state index in [9.17, 15) is 38.4 Å². The number of carbonyl (C=O) groups excluding carboxylic acids is 4. The van der Waals surface area contributed by atoms with Crippen LogP contribution >= 0.6 is 7.82 Å². The molecule has 1 atom stereocenters. The number of aliphatic carboxylic acids is 1. The van der Waals surface area contributed by atoms with E-state index in [1.807, 2.05) is 0 Å². The van der Waals surface area contributed by atoms with Gasteiger partial charge in [-0.25, -0.2) is 19.3 Å². The highest BCUT2D eigenvalue weighted by Gasteiger charge is 2.28. The molecule has 19 heteroatoms. The number of unbranched alkanes of at least 4 members (excludes halogenated alkanes) is 2. The van der Waals surface area contributed by atoms with Gasteiger partial charge in [-0.3, -0.25) is 33.5 Å². The number of H-pyrrole nitrogens is 1. The Morgan fingerprint density at radius 2 is 1.65 bits per heavy atom. The Morgan fingerprint density at radius 3 is 2.35 bits per heavy atom. The lowest BCUT2D eigenvalue weighted by atomic mass is 9.95. The number of Topliss-reactive ketones (excluding diaryl/α,β-unsaturated/α-hetero) is 2. The lowest BCUT2D eigenvalue weighted by Crippen LogP contribution is -2.41. The number of aromatic nitrogens is 4. The molecule has 0 saturated carbocycles. The fraction of sp³-hybridized carbons (Fsp3) is 0.250. The van der Waals surface area contributed by atoms with Crippen molar-refractivity contribution in [3.05, 3.63) is 87.5 Å². The van der Waals surface area contributed by atoms with Crippen molar-refractivity contribution in [2.75, 3.05) is 17.7 Å². The van der Waals surface area contributed by atoms with Crippen LogP contribution in [-0.2, 0) is 34.1 Å². The number of benzene rings is 2. The molecule has 18 nitrogen and oxygen atoms in total. The average molecular weight is 772 g/mol. The van der Waals surface area contributed by atoms with Crippen LogP contribution in [-0.4, -0.2) is 67.0 Å². The molecule has 284 valence electrons. The summed E-state index contributed by atoms with van der Waals surface area (Å²) in [6.45, 7) is -0.0470. The van der Waals surface area contributed by atoms with Crippen molar-refractivity contribution in [2.45, 2.75) is 51.0 Å². The molecular weight excluding hydrogens is 737 g/mol. The molecule has 0 fully saturated rings. The fourth-order valence-corrected chi connectivity index (χ4v) is 5.82. The molecule has 0 radical (unpaired) electrons. The second-order valence-corrected chi connectivity index (χ2v) is 13.1. The van der Waals surface area contributed by atoms with Crippen molar-refractivity contribution in [3.63, 3.8) is 0 Å².